The van der Waals surface area contributed by atoms with E-state index in [9.17, 15) is 4.79 Å². The SMILES string of the molecule is Cc1c(I)cccc1N1CC(CBr)CC1=O. The number of alkyl halides is 1. The molecule has 1 unspecified atom stereocenters. The quantitative estimate of drug-likeness (QED) is 0.557. The molecule has 0 radical (unpaired) electrons. The summed E-state index contributed by atoms with van der Waals surface area (Å²) in [5.41, 5.74) is 2.27. The molecule has 2 rings (SSSR count). The summed E-state index contributed by atoms with van der Waals surface area (Å²) in [5, 5.41) is 0.901. The van der Waals surface area contributed by atoms with Crippen LogP contribution in [0.25, 0.3) is 0 Å². The molecular formula is C12H13BrINO. The third kappa shape index (κ3) is 2.27. The second kappa shape index (κ2) is 5.04. The van der Waals surface area contributed by atoms with Crippen molar-refractivity contribution < 1.29 is 4.79 Å². The predicted molar refractivity (Wildman–Crippen MR) is 78.2 cm³/mol. The van der Waals surface area contributed by atoms with E-state index in [0.29, 0.717) is 12.3 Å². The Bertz CT molecular complexity index is 421. The fourth-order valence-corrected chi connectivity index (χ4v) is 2.92. The molecule has 1 aromatic carbocycles. The van der Waals surface area contributed by atoms with Crippen LogP contribution in [0.2, 0.25) is 0 Å². The first-order valence-electron chi connectivity index (χ1n) is 5.25. The van der Waals surface area contributed by atoms with E-state index in [1.54, 1.807) is 0 Å². The summed E-state index contributed by atoms with van der Waals surface area (Å²) in [5.74, 6) is 0.694. The van der Waals surface area contributed by atoms with Crippen molar-refractivity contribution in [3.8, 4) is 0 Å². The number of rotatable bonds is 2. The average molecular weight is 394 g/mol. The number of hydrogen-bond acceptors (Lipinski definition) is 1. The first-order chi connectivity index (χ1) is 7.63. The van der Waals surface area contributed by atoms with E-state index in [2.05, 4.69) is 51.5 Å². The highest BCUT2D eigenvalue weighted by Gasteiger charge is 2.30. The number of nitrogens with zero attached hydrogens (tertiary/aromatic N) is 1. The van der Waals surface area contributed by atoms with Gasteiger partial charge in [0.25, 0.3) is 0 Å². The van der Waals surface area contributed by atoms with Crippen LogP contribution in [0, 0.1) is 16.4 Å². The van der Waals surface area contributed by atoms with Gasteiger partial charge in [-0.3, -0.25) is 4.79 Å². The van der Waals surface area contributed by atoms with Crippen molar-refractivity contribution in [3.05, 3.63) is 27.3 Å². The van der Waals surface area contributed by atoms with Crippen LogP contribution in [0.4, 0.5) is 5.69 Å². The molecule has 1 aliphatic heterocycles. The third-order valence-electron chi connectivity index (χ3n) is 2.95. The Kier molecular flexibility index (Phi) is 3.89. The highest BCUT2D eigenvalue weighted by molar-refractivity contribution is 14.1. The predicted octanol–water partition coefficient (Wildman–Crippen LogP) is 3.35. The minimum Gasteiger partial charge on any atom is -0.312 e. The van der Waals surface area contributed by atoms with Gasteiger partial charge in [-0.25, -0.2) is 0 Å². The second-order valence-electron chi connectivity index (χ2n) is 4.11. The van der Waals surface area contributed by atoms with E-state index in [0.717, 1.165) is 17.6 Å². The van der Waals surface area contributed by atoms with Gasteiger partial charge in [0.2, 0.25) is 5.91 Å². The number of halogens is 2. The van der Waals surface area contributed by atoms with Gasteiger partial charge in [0, 0.05) is 27.6 Å². The van der Waals surface area contributed by atoms with Crippen molar-refractivity contribution in [1.82, 2.24) is 0 Å². The summed E-state index contributed by atoms with van der Waals surface area (Å²) in [7, 11) is 0. The lowest BCUT2D eigenvalue weighted by Gasteiger charge is -2.19. The lowest BCUT2D eigenvalue weighted by atomic mass is 10.1. The minimum atomic E-state index is 0.245. The maximum atomic E-state index is 11.9. The molecule has 2 nitrogen and oxygen atoms in total. The van der Waals surface area contributed by atoms with E-state index in [1.165, 1.54) is 9.13 Å². The highest BCUT2D eigenvalue weighted by Crippen LogP contribution is 2.30. The molecule has 0 aromatic heterocycles. The van der Waals surface area contributed by atoms with Crippen molar-refractivity contribution in [2.24, 2.45) is 5.92 Å². The molecule has 1 aromatic rings. The number of hydrogen-bond donors (Lipinski definition) is 0. The molecule has 0 saturated carbocycles. The molecule has 86 valence electrons. The Morgan fingerprint density at radius 2 is 2.31 bits per heavy atom. The van der Waals surface area contributed by atoms with Gasteiger partial charge in [-0.15, -0.1) is 0 Å². The molecule has 4 heteroatoms. The molecule has 1 aliphatic rings. The van der Waals surface area contributed by atoms with Crippen LogP contribution in [0.5, 0.6) is 0 Å². The normalized spacial score (nSPS) is 20.6. The standard InChI is InChI=1S/C12H13BrINO/c1-8-10(14)3-2-4-11(8)15-7-9(6-13)5-12(15)16/h2-4,9H,5-7H2,1H3. The van der Waals surface area contributed by atoms with Crippen molar-refractivity contribution in [2.45, 2.75) is 13.3 Å². The smallest absolute Gasteiger partial charge is 0.227 e. The summed E-state index contributed by atoms with van der Waals surface area (Å²) in [6.07, 6.45) is 0.663. The van der Waals surface area contributed by atoms with Crippen molar-refractivity contribution >= 4 is 50.1 Å². The van der Waals surface area contributed by atoms with Gasteiger partial charge in [-0.1, -0.05) is 22.0 Å². The van der Waals surface area contributed by atoms with Crippen molar-refractivity contribution in [3.63, 3.8) is 0 Å². The van der Waals surface area contributed by atoms with Crippen LogP contribution in [0.1, 0.15) is 12.0 Å². The molecular weight excluding hydrogens is 381 g/mol. The monoisotopic (exact) mass is 393 g/mol. The Labute approximate surface area is 118 Å². The molecule has 1 saturated heterocycles. The Morgan fingerprint density at radius 1 is 1.56 bits per heavy atom. The van der Waals surface area contributed by atoms with Crippen LogP contribution >= 0.6 is 38.5 Å². The van der Waals surface area contributed by atoms with Crippen LogP contribution in [0.3, 0.4) is 0 Å². The molecule has 1 heterocycles. The van der Waals surface area contributed by atoms with Crippen LogP contribution < -0.4 is 4.90 Å². The summed E-state index contributed by atoms with van der Waals surface area (Å²) >= 11 is 5.77. The first-order valence-corrected chi connectivity index (χ1v) is 7.45. The van der Waals surface area contributed by atoms with E-state index >= 15 is 0 Å². The molecule has 16 heavy (non-hydrogen) atoms. The summed E-state index contributed by atoms with van der Waals surface area (Å²) < 4.78 is 1.21. The van der Waals surface area contributed by atoms with Gasteiger partial charge < -0.3 is 4.90 Å². The summed E-state index contributed by atoms with van der Waals surface area (Å²) in [6.45, 7) is 2.91. The fourth-order valence-electron chi connectivity index (χ4n) is 2.01. The lowest BCUT2D eigenvalue weighted by molar-refractivity contribution is -0.117. The Hall–Kier alpha value is -0.100. The first kappa shape index (κ1) is 12.4. The van der Waals surface area contributed by atoms with Gasteiger partial charge in [-0.2, -0.15) is 0 Å². The second-order valence-corrected chi connectivity index (χ2v) is 5.92. The molecule has 1 amide bonds. The number of benzene rings is 1. The Morgan fingerprint density at radius 3 is 2.94 bits per heavy atom. The molecule has 0 spiro atoms. The van der Waals surface area contributed by atoms with E-state index in [4.69, 9.17) is 0 Å². The van der Waals surface area contributed by atoms with Gasteiger partial charge in [0.1, 0.15) is 0 Å². The van der Waals surface area contributed by atoms with Crippen LogP contribution in [-0.4, -0.2) is 17.8 Å². The number of carbonyl (C=O) groups excluding carboxylic acids is 1. The van der Waals surface area contributed by atoms with Crippen molar-refractivity contribution in [1.29, 1.82) is 0 Å². The summed E-state index contributed by atoms with van der Waals surface area (Å²) in [6, 6.07) is 6.12. The maximum Gasteiger partial charge on any atom is 0.227 e. The zero-order valence-corrected chi connectivity index (χ0v) is 12.8. The number of amides is 1. The molecule has 0 aliphatic carbocycles. The molecule has 1 fully saturated rings. The number of anilines is 1. The van der Waals surface area contributed by atoms with E-state index in [-0.39, 0.29) is 5.91 Å². The van der Waals surface area contributed by atoms with E-state index in [1.807, 2.05) is 17.0 Å². The van der Waals surface area contributed by atoms with Gasteiger partial charge in [-0.05, 0) is 53.1 Å². The van der Waals surface area contributed by atoms with Gasteiger partial charge in [0.05, 0.1) is 0 Å². The van der Waals surface area contributed by atoms with Crippen LogP contribution in [0.15, 0.2) is 18.2 Å². The average Bonchev–Trinajstić information content (AvgIpc) is 2.64. The zero-order valence-electron chi connectivity index (χ0n) is 9.04. The minimum absolute atomic E-state index is 0.245. The lowest BCUT2D eigenvalue weighted by Crippen LogP contribution is -2.25. The molecule has 0 bridgehead atoms. The van der Waals surface area contributed by atoms with Crippen LogP contribution in [-0.2, 0) is 4.79 Å². The largest absolute Gasteiger partial charge is 0.312 e. The maximum absolute atomic E-state index is 11.9. The summed E-state index contributed by atoms with van der Waals surface area (Å²) in [4.78, 5) is 13.8. The Balaban J connectivity index is 2.31. The highest BCUT2D eigenvalue weighted by atomic mass is 127. The molecule has 0 N–H and O–H groups in total. The molecule has 1 atom stereocenters. The fraction of sp³-hybridized carbons (Fsp3) is 0.417. The third-order valence-corrected chi connectivity index (χ3v) is 5.04. The van der Waals surface area contributed by atoms with Gasteiger partial charge >= 0.3 is 0 Å². The zero-order chi connectivity index (χ0) is 11.7. The van der Waals surface area contributed by atoms with E-state index < -0.39 is 0 Å². The number of carbonyl (C=O) groups is 1. The topological polar surface area (TPSA) is 20.3 Å². The van der Waals surface area contributed by atoms with Crippen molar-refractivity contribution in [2.75, 3.05) is 16.8 Å². The van der Waals surface area contributed by atoms with Gasteiger partial charge in [0.15, 0.2) is 0 Å².